The van der Waals surface area contributed by atoms with Gasteiger partial charge in [-0.2, -0.15) is 0 Å². The van der Waals surface area contributed by atoms with Crippen molar-refractivity contribution in [2.45, 2.75) is 13.5 Å². The van der Waals surface area contributed by atoms with E-state index in [0.29, 0.717) is 23.9 Å². The van der Waals surface area contributed by atoms with Crippen molar-refractivity contribution < 1.29 is 4.74 Å². The Labute approximate surface area is 109 Å². The molecule has 2 N–H and O–H groups in total. The van der Waals surface area contributed by atoms with E-state index in [4.69, 9.17) is 4.74 Å². The zero-order chi connectivity index (χ0) is 13.0. The van der Waals surface area contributed by atoms with Crippen LogP contribution in [0.2, 0.25) is 0 Å². The van der Waals surface area contributed by atoms with E-state index in [2.05, 4.69) is 25.6 Å². The number of anilines is 2. The second kappa shape index (κ2) is 5.63. The molecule has 7 heteroatoms. The van der Waals surface area contributed by atoms with Crippen LogP contribution >= 0.6 is 11.3 Å². The first-order valence-corrected chi connectivity index (χ1v) is 6.34. The summed E-state index contributed by atoms with van der Waals surface area (Å²) in [7, 11) is 3.39. The molecule has 2 aromatic heterocycles. The van der Waals surface area contributed by atoms with E-state index >= 15 is 0 Å². The summed E-state index contributed by atoms with van der Waals surface area (Å²) < 4.78 is 5.29. The molecule has 0 aliphatic rings. The lowest BCUT2D eigenvalue weighted by molar-refractivity contribution is 0.415. The van der Waals surface area contributed by atoms with Crippen molar-refractivity contribution in [3.63, 3.8) is 0 Å². The van der Waals surface area contributed by atoms with Gasteiger partial charge in [0, 0.05) is 12.4 Å². The third-order valence-electron chi connectivity index (χ3n) is 2.35. The first-order valence-electron chi connectivity index (χ1n) is 5.46. The van der Waals surface area contributed by atoms with E-state index in [1.807, 2.05) is 12.3 Å². The minimum Gasteiger partial charge on any atom is -0.490 e. The Hall–Kier alpha value is -1.89. The molecule has 0 radical (unpaired) electrons. The average molecular weight is 265 g/mol. The van der Waals surface area contributed by atoms with Crippen molar-refractivity contribution in [1.29, 1.82) is 0 Å². The molecule has 0 spiro atoms. The Morgan fingerprint density at radius 2 is 2.11 bits per heavy atom. The number of hydrogen-bond acceptors (Lipinski definition) is 7. The van der Waals surface area contributed by atoms with Gasteiger partial charge >= 0.3 is 0 Å². The summed E-state index contributed by atoms with van der Waals surface area (Å²) >= 11 is 1.63. The molecule has 0 atom stereocenters. The number of nitrogens with one attached hydrogen (secondary N) is 2. The lowest BCUT2D eigenvalue weighted by Gasteiger charge is -2.11. The van der Waals surface area contributed by atoms with Crippen LogP contribution in [0.15, 0.2) is 11.7 Å². The summed E-state index contributed by atoms with van der Waals surface area (Å²) in [6.07, 6.45) is 1.49. The number of aryl methyl sites for hydroxylation is 1. The SMILES string of the molecule is CNc1ncnc(NCc2csc(C)n2)c1OC. The Morgan fingerprint density at radius 1 is 1.33 bits per heavy atom. The lowest BCUT2D eigenvalue weighted by atomic mass is 10.4. The second-order valence-corrected chi connectivity index (χ2v) is 4.63. The van der Waals surface area contributed by atoms with Crippen molar-refractivity contribution in [2.24, 2.45) is 0 Å². The summed E-state index contributed by atoms with van der Waals surface area (Å²) in [6.45, 7) is 2.60. The van der Waals surface area contributed by atoms with Gasteiger partial charge in [-0.3, -0.25) is 0 Å². The maximum Gasteiger partial charge on any atom is 0.204 e. The van der Waals surface area contributed by atoms with Crippen LogP contribution in [0.25, 0.3) is 0 Å². The zero-order valence-corrected chi connectivity index (χ0v) is 11.3. The minimum atomic E-state index is 0.604. The number of thiazole rings is 1. The Balaban J connectivity index is 2.13. The average Bonchev–Trinajstić information content (AvgIpc) is 2.81. The van der Waals surface area contributed by atoms with Gasteiger partial charge in [-0.05, 0) is 6.92 Å². The molecule has 2 heterocycles. The van der Waals surface area contributed by atoms with Crippen LogP contribution in [0, 0.1) is 6.92 Å². The predicted molar refractivity (Wildman–Crippen MR) is 72.3 cm³/mol. The molecule has 0 aromatic carbocycles. The lowest BCUT2D eigenvalue weighted by Crippen LogP contribution is -2.06. The van der Waals surface area contributed by atoms with Crippen LogP contribution in [-0.2, 0) is 6.54 Å². The standard InChI is InChI=1S/C11H15N5OS/c1-7-16-8(5-18-7)4-13-11-9(17-3)10(12-2)14-6-15-11/h5-6H,4H2,1-3H3,(H2,12,13,14,15). The van der Waals surface area contributed by atoms with Crippen LogP contribution in [0.3, 0.4) is 0 Å². The molecule has 18 heavy (non-hydrogen) atoms. The van der Waals surface area contributed by atoms with Gasteiger partial charge in [0.05, 0.1) is 24.4 Å². The Kier molecular flexibility index (Phi) is 3.93. The van der Waals surface area contributed by atoms with Gasteiger partial charge in [0.15, 0.2) is 11.6 Å². The predicted octanol–water partition coefficient (Wildman–Crippen LogP) is 1.90. The highest BCUT2D eigenvalue weighted by atomic mass is 32.1. The molecule has 2 aromatic rings. The fourth-order valence-electron chi connectivity index (χ4n) is 1.53. The van der Waals surface area contributed by atoms with Crippen molar-refractivity contribution in [3.8, 4) is 5.75 Å². The van der Waals surface area contributed by atoms with Crippen LogP contribution in [0.1, 0.15) is 10.7 Å². The van der Waals surface area contributed by atoms with Crippen LogP contribution in [0.4, 0.5) is 11.6 Å². The molecule has 0 amide bonds. The monoisotopic (exact) mass is 265 g/mol. The van der Waals surface area contributed by atoms with Gasteiger partial charge in [-0.1, -0.05) is 0 Å². The number of methoxy groups -OCH3 is 1. The Bertz CT molecular complexity index is 528. The highest BCUT2D eigenvalue weighted by molar-refractivity contribution is 7.09. The van der Waals surface area contributed by atoms with Crippen LogP contribution in [-0.4, -0.2) is 29.1 Å². The highest BCUT2D eigenvalue weighted by Crippen LogP contribution is 2.28. The minimum absolute atomic E-state index is 0.604. The molecule has 2 rings (SSSR count). The molecule has 0 fully saturated rings. The molecule has 0 bridgehead atoms. The summed E-state index contributed by atoms with van der Waals surface area (Å²) in [4.78, 5) is 12.6. The van der Waals surface area contributed by atoms with Crippen molar-refractivity contribution in [1.82, 2.24) is 15.0 Å². The normalized spacial score (nSPS) is 10.2. The maximum atomic E-state index is 5.29. The molecule has 0 aliphatic carbocycles. The number of ether oxygens (including phenoxy) is 1. The zero-order valence-electron chi connectivity index (χ0n) is 10.5. The van der Waals surface area contributed by atoms with Gasteiger partial charge in [0.2, 0.25) is 5.75 Å². The molecular weight excluding hydrogens is 250 g/mol. The van der Waals surface area contributed by atoms with Crippen molar-refractivity contribution in [2.75, 3.05) is 24.8 Å². The number of nitrogens with zero attached hydrogens (tertiary/aromatic N) is 3. The van der Waals surface area contributed by atoms with E-state index in [0.717, 1.165) is 10.7 Å². The van der Waals surface area contributed by atoms with Gasteiger partial charge in [0.25, 0.3) is 0 Å². The van der Waals surface area contributed by atoms with E-state index < -0.39 is 0 Å². The van der Waals surface area contributed by atoms with Crippen molar-refractivity contribution in [3.05, 3.63) is 22.4 Å². The fraction of sp³-hybridized carbons (Fsp3) is 0.364. The largest absolute Gasteiger partial charge is 0.490 e. The third-order valence-corrected chi connectivity index (χ3v) is 3.17. The first kappa shape index (κ1) is 12.6. The van der Waals surface area contributed by atoms with Gasteiger partial charge in [0.1, 0.15) is 6.33 Å². The van der Waals surface area contributed by atoms with E-state index in [-0.39, 0.29) is 0 Å². The van der Waals surface area contributed by atoms with E-state index in [1.165, 1.54) is 6.33 Å². The van der Waals surface area contributed by atoms with Crippen molar-refractivity contribution >= 4 is 23.0 Å². The smallest absolute Gasteiger partial charge is 0.204 e. The fourth-order valence-corrected chi connectivity index (χ4v) is 2.15. The van der Waals surface area contributed by atoms with Gasteiger partial charge in [-0.25, -0.2) is 15.0 Å². The van der Waals surface area contributed by atoms with Gasteiger partial charge in [-0.15, -0.1) is 11.3 Å². The third kappa shape index (κ3) is 2.67. The van der Waals surface area contributed by atoms with Crippen LogP contribution < -0.4 is 15.4 Å². The summed E-state index contributed by atoms with van der Waals surface area (Å²) in [5.74, 6) is 1.92. The number of hydrogen-bond donors (Lipinski definition) is 2. The molecule has 96 valence electrons. The molecule has 0 saturated heterocycles. The molecule has 0 saturated carbocycles. The summed E-state index contributed by atoms with van der Waals surface area (Å²) in [5.41, 5.74) is 0.990. The maximum absolute atomic E-state index is 5.29. The number of rotatable bonds is 5. The first-order chi connectivity index (χ1) is 8.74. The van der Waals surface area contributed by atoms with E-state index in [1.54, 1.807) is 25.5 Å². The van der Waals surface area contributed by atoms with Gasteiger partial charge < -0.3 is 15.4 Å². The molecular formula is C11H15N5OS. The molecule has 6 nitrogen and oxygen atoms in total. The second-order valence-electron chi connectivity index (χ2n) is 3.57. The number of aromatic nitrogens is 3. The summed E-state index contributed by atoms with van der Waals surface area (Å²) in [5, 5.41) is 9.23. The Morgan fingerprint density at radius 3 is 2.72 bits per heavy atom. The highest BCUT2D eigenvalue weighted by Gasteiger charge is 2.10. The quantitative estimate of drug-likeness (QED) is 0.860. The van der Waals surface area contributed by atoms with E-state index in [9.17, 15) is 0 Å². The topological polar surface area (TPSA) is 72.0 Å². The van der Waals surface area contributed by atoms with Crippen LogP contribution in [0.5, 0.6) is 5.75 Å². The summed E-state index contributed by atoms with van der Waals surface area (Å²) in [6, 6.07) is 0. The molecule has 0 aliphatic heterocycles. The molecule has 0 unspecified atom stereocenters.